The Hall–Kier alpha value is -0.980. The average molecular weight is 269 g/mol. The highest BCUT2D eigenvalue weighted by molar-refractivity contribution is 7.09. The van der Waals surface area contributed by atoms with Gasteiger partial charge >= 0.3 is 0 Å². The number of nitrogens with two attached hydrogens (primary N) is 1. The van der Waals surface area contributed by atoms with E-state index in [0.29, 0.717) is 32.6 Å². The van der Waals surface area contributed by atoms with E-state index in [1.807, 2.05) is 12.3 Å². The summed E-state index contributed by atoms with van der Waals surface area (Å²) in [5, 5.41) is 5.84. The van der Waals surface area contributed by atoms with Gasteiger partial charge in [-0.2, -0.15) is 0 Å². The molecule has 1 amide bonds. The first-order valence-corrected chi connectivity index (χ1v) is 7.04. The highest BCUT2D eigenvalue weighted by Crippen LogP contribution is 2.30. The molecule has 0 aromatic carbocycles. The van der Waals surface area contributed by atoms with Gasteiger partial charge in [-0.15, -0.1) is 11.3 Å². The molecule has 1 saturated heterocycles. The molecule has 5 nitrogen and oxygen atoms in total. The normalized spacial score (nSPS) is 20.3. The van der Waals surface area contributed by atoms with Gasteiger partial charge in [-0.25, -0.2) is 4.98 Å². The van der Waals surface area contributed by atoms with Crippen molar-refractivity contribution >= 4 is 17.2 Å². The molecule has 1 aliphatic heterocycles. The first kappa shape index (κ1) is 13.5. The minimum absolute atomic E-state index is 0.0241. The van der Waals surface area contributed by atoms with Crippen molar-refractivity contribution in [1.29, 1.82) is 0 Å². The Balaban J connectivity index is 2.01. The zero-order valence-corrected chi connectivity index (χ0v) is 11.3. The van der Waals surface area contributed by atoms with Crippen LogP contribution in [0, 0.1) is 5.41 Å². The number of amides is 1. The zero-order valence-electron chi connectivity index (χ0n) is 10.5. The van der Waals surface area contributed by atoms with Crippen LogP contribution < -0.4 is 11.1 Å². The van der Waals surface area contributed by atoms with Gasteiger partial charge in [-0.3, -0.25) is 4.79 Å². The first-order chi connectivity index (χ1) is 8.68. The molecule has 2 rings (SSSR count). The molecule has 1 atom stereocenters. The smallest absolute Gasteiger partial charge is 0.228 e. The van der Waals surface area contributed by atoms with Gasteiger partial charge in [0.25, 0.3) is 0 Å². The highest BCUT2D eigenvalue weighted by Gasteiger charge is 2.39. The number of hydrogen-bond acceptors (Lipinski definition) is 5. The summed E-state index contributed by atoms with van der Waals surface area (Å²) in [7, 11) is 0. The molecule has 0 saturated carbocycles. The molecule has 1 unspecified atom stereocenters. The van der Waals surface area contributed by atoms with Crippen LogP contribution in [0.2, 0.25) is 0 Å². The number of thiazole rings is 1. The van der Waals surface area contributed by atoms with E-state index in [2.05, 4.69) is 10.3 Å². The second kappa shape index (κ2) is 5.77. The molecule has 100 valence electrons. The largest absolute Gasteiger partial charge is 0.381 e. The molecule has 1 aliphatic rings. The van der Waals surface area contributed by atoms with Crippen LogP contribution in [0.4, 0.5) is 0 Å². The molecule has 1 aromatic rings. The van der Waals surface area contributed by atoms with E-state index in [9.17, 15) is 4.79 Å². The summed E-state index contributed by atoms with van der Waals surface area (Å²) in [4.78, 5) is 16.6. The monoisotopic (exact) mass is 269 g/mol. The Bertz CT molecular complexity index is 388. The second-order valence-corrected chi connectivity index (χ2v) is 5.59. The highest BCUT2D eigenvalue weighted by atomic mass is 32.1. The number of carbonyl (C=O) groups is 1. The molecule has 2 heterocycles. The topological polar surface area (TPSA) is 77.2 Å². The van der Waals surface area contributed by atoms with E-state index >= 15 is 0 Å². The predicted molar refractivity (Wildman–Crippen MR) is 70.2 cm³/mol. The molecule has 1 fully saturated rings. The summed E-state index contributed by atoms with van der Waals surface area (Å²) < 4.78 is 5.31. The SMILES string of the molecule is CC(NC(=O)C1(CN)CCOCC1)c1nccs1. The van der Waals surface area contributed by atoms with Gasteiger partial charge in [-0.05, 0) is 19.8 Å². The van der Waals surface area contributed by atoms with Crippen molar-refractivity contribution in [3.05, 3.63) is 16.6 Å². The molecule has 0 spiro atoms. The standard InChI is InChI=1S/C12H19N3O2S/c1-9(10-14-4-7-18-10)15-11(16)12(8-13)2-5-17-6-3-12/h4,7,9H,2-3,5-6,8,13H2,1H3,(H,15,16). The number of hydrogen-bond donors (Lipinski definition) is 2. The maximum Gasteiger partial charge on any atom is 0.228 e. The molecule has 3 N–H and O–H groups in total. The van der Waals surface area contributed by atoms with Crippen molar-refractivity contribution in [1.82, 2.24) is 10.3 Å². The Labute approximate surface area is 111 Å². The van der Waals surface area contributed by atoms with E-state index in [1.54, 1.807) is 17.5 Å². The van der Waals surface area contributed by atoms with E-state index in [0.717, 1.165) is 5.01 Å². The van der Waals surface area contributed by atoms with Crippen LogP contribution in [-0.2, 0) is 9.53 Å². The Morgan fingerprint density at radius 2 is 2.39 bits per heavy atom. The van der Waals surface area contributed by atoms with Crippen molar-refractivity contribution in [3.8, 4) is 0 Å². The van der Waals surface area contributed by atoms with Crippen molar-refractivity contribution in [2.24, 2.45) is 11.1 Å². The van der Waals surface area contributed by atoms with E-state index in [-0.39, 0.29) is 11.9 Å². The van der Waals surface area contributed by atoms with Gasteiger partial charge in [0.15, 0.2) is 0 Å². The third-order valence-electron chi connectivity index (χ3n) is 3.49. The van der Waals surface area contributed by atoms with Crippen LogP contribution in [0.5, 0.6) is 0 Å². The lowest BCUT2D eigenvalue weighted by Crippen LogP contribution is -2.49. The molecule has 18 heavy (non-hydrogen) atoms. The fourth-order valence-electron chi connectivity index (χ4n) is 2.15. The van der Waals surface area contributed by atoms with Crippen molar-refractivity contribution in [2.45, 2.75) is 25.8 Å². The van der Waals surface area contributed by atoms with Gasteiger partial charge in [0.2, 0.25) is 5.91 Å². The Morgan fingerprint density at radius 1 is 1.67 bits per heavy atom. The summed E-state index contributed by atoms with van der Waals surface area (Å²) in [6.07, 6.45) is 3.13. The summed E-state index contributed by atoms with van der Waals surface area (Å²) in [5.74, 6) is 0.0241. The average Bonchev–Trinajstić information content (AvgIpc) is 2.93. The quantitative estimate of drug-likeness (QED) is 0.857. The molecule has 6 heteroatoms. The minimum Gasteiger partial charge on any atom is -0.381 e. The molecule has 0 bridgehead atoms. The number of nitrogens with one attached hydrogen (secondary N) is 1. The van der Waals surface area contributed by atoms with E-state index in [1.165, 1.54) is 0 Å². The van der Waals surface area contributed by atoms with Gasteiger partial charge in [0.05, 0.1) is 11.5 Å². The fraction of sp³-hybridized carbons (Fsp3) is 0.667. The predicted octanol–water partition coefficient (Wildman–Crippen LogP) is 1.08. The summed E-state index contributed by atoms with van der Waals surface area (Å²) in [5.41, 5.74) is 5.34. The van der Waals surface area contributed by atoms with Crippen molar-refractivity contribution in [3.63, 3.8) is 0 Å². The van der Waals surface area contributed by atoms with Crippen LogP contribution in [0.15, 0.2) is 11.6 Å². The third kappa shape index (κ3) is 2.71. The number of rotatable bonds is 4. The van der Waals surface area contributed by atoms with Gasteiger partial charge < -0.3 is 15.8 Å². The summed E-state index contributed by atoms with van der Waals surface area (Å²) >= 11 is 1.54. The van der Waals surface area contributed by atoms with Gasteiger partial charge in [0, 0.05) is 31.3 Å². The van der Waals surface area contributed by atoms with Crippen molar-refractivity contribution < 1.29 is 9.53 Å². The molecule has 0 radical (unpaired) electrons. The van der Waals surface area contributed by atoms with Crippen LogP contribution in [0.1, 0.15) is 30.8 Å². The van der Waals surface area contributed by atoms with E-state index in [4.69, 9.17) is 10.5 Å². The summed E-state index contributed by atoms with van der Waals surface area (Å²) in [6, 6.07) is -0.0660. The summed E-state index contributed by atoms with van der Waals surface area (Å²) in [6.45, 7) is 3.53. The minimum atomic E-state index is -0.468. The zero-order chi connectivity index (χ0) is 13.0. The molecule has 0 aliphatic carbocycles. The Kier molecular flexibility index (Phi) is 4.31. The third-order valence-corrected chi connectivity index (χ3v) is 4.45. The van der Waals surface area contributed by atoms with Crippen LogP contribution in [0.3, 0.4) is 0 Å². The number of carbonyl (C=O) groups excluding carboxylic acids is 1. The number of aromatic nitrogens is 1. The van der Waals surface area contributed by atoms with Crippen LogP contribution in [-0.4, -0.2) is 30.6 Å². The molecular formula is C12H19N3O2S. The number of nitrogens with zero attached hydrogens (tertiary/aromatic N) is 1. The van der Waals surface area contributed by atoms with Crippen LogP contribution in [0.25, 0.3) is 0 Å². The van der Waals surface area contributed by atoms with Gasteiger partial charge in [-0.1, -0.05) is 0 Å². The Morgan fingerprint density at radius 3 is 2.94 bits per heavy atom. The lowest BCUT2D eigenvalue weighted by atomic mass is 9.79. The molecule has 1 aromatic heterocycles. The second-order valence-electron chi connectivity index (χ2n) is 4.66. The van der Waals surface area contributed by atoms with E-state index < -0.39 is 5.41 Å². The molecular weight excluding hydrogens is 250 g/mol. The maximum atomic E-state index is 12.4. The van der Waals surface area contributed by atoms with Gasteiger partial charge in [0.1, 0.15) is 5.01 Å². The van der Waals surface area contributed by atoms with Crippen LogP contribution >= 0.6 is 11.3 Å². The fourth-order valence-corrected chi connectivity index (χ4v) is 2.79. The first-order valence-electron chi connectivity index (χ1n) is 6.16. The van der Waals surface area contributed by atoms with Crippen molar-refractivity contribution in [2.75, 3.05) is 19.8 Å². The lowest BCUT2D eigenvalue weighted by Gasteiger charge is -2.35. The maximum absolute atomic E-state index is 12.4. The lowest BCUT2D eigenvalue weighted by molar-refractivity contribution is -0.136. The number of ether oxygens (including phenoxy) is 1.